The molecule has 0 aliphatic carbocycles. The number of phenolic OH excluding ortho intramolecular Hbond substituents is 1. The molecule has 1 saturated heterocycles. The van der Waals surface area contributed by atoms with E-state index >= 15 is 0 Å². The van der Waals surface area contributed by atoms with Gasteiger partial charge in [-0.25, -0.2) is 0 Å². The largest absolute Gasteiger partial charge is 0.508 e. The fraction of sp³-hybridized carbons (Fsp3) is 0.353. The molecule has 0 radical (unpaired) electrons. The highest BCUT2D eigenvalue weighted by molar-refractivity contribution is 7.20. The first-order valence-corrected chi connectivity index (χ1v) is 9.24. The van der Waals surface area contributed by atoms with E-state index in [2.05, 4.69) is 0 Å². The third-order valence-corrected chi connectivity index (χ3v) is 5.46. The van der Waals surface area contributed by atoms with Gasteiger partial charge in [0.2, 0.25) is 0 Å². The molecular formula is C17H17Cl2NO3S. The Balaban J connectivity index is 1.84. The van der Waals surface area contributed by atoms with Gasteiger partial charge in [0.15, 0.2) is 0 Å². The van der Waals surface area contributed by atoms with Gasteiger partial charge in [0.05, 0.1) is 16.0 Å². The van der Waals surface area contributed by atoms with E-state index in [0.29, 0.717) is 33.0 Å². The van der Waals surface area contributed by atoms with E-state index < -0.39 is 0 Å². The summed E-state index contributed by atoms with van der Waals surface area (Å²) in [6.07, 6.45) is 1.92. The van der Waals surface area contributed by atoms with Gasteiger partial charge in [0.25, 0.3) is 5.91 Å². The van der Waals surface area contributed by atoms with Crippen molar-refractivity contribution in [3.8, 4) is 5.75 Å². The third kappa shape index (κ3) is 4.03. The molecule has 128 valence electrons. The van der Waals surface area contributed by atoms with Gasteiger partial charge >= 0.3 is 0 Å². The van der Waals surface area contributed by atoms with E-state index in [-0.39, 0.29) is 24.3 Å². The first-order valence-electron chi connectivity index (χ1n) is 7.67. The van der Waals surface area contributed by atoms with Crippen molar-refractivity contribution in [1.82, 2.24) is 4.90 Å². The fourth-order valence-electron chi connectivity index (χ4n) is 2.76. The second-order valence-electron chi connectivity index (χ2n) is 5.69. The SMILES string of the molecule is O=C(c1cc(Cl)sc1Cl)N(Cc1ccccc1O)CC1CCCO1. The van der Waals surface area contributed by atoms with Crippen LogP contribution >= 0.6 is 34.5 Å². The van der Waals surface area contributed by atoms with E-state index in [4.69, 9.17) is 27.9 Å². The van der Waals surface area contributed by atoms with Crippen LogP contribution in [0.3, 0.4) is 0 Å². The number of hydrogen-bond acceptors (Lipinski definition) is 4. The molecule has 1 amide bonds. The Bertz CT molecular complexity index is 728. The van der Waals surface area contributed by atoms with Gasteiger partial charge in [-0.05, 0) is 25.0 Å². The zero-order valence-electron chi connectivity index (χ0n) is 12.9. The molecule has 7 heteroatoms. The first-order chi connectivity index (χ1) is 11.5. The van der Waals surface area contributed by atoms with Crippen molar-refractivity contribution in [2.24, 2.45) is 0 Å². The lowest BCUT2D eigenvalue weighted by Crippen LogP contribution is -2.36. The first kappa shape index (κ1) is 17.5. The molecule has 24 heavy (non-hydrogen) atoms. The number of rotatable bonds is 5. The van der Waals surface area contributed by atoms with Gasteiger partial charge in [-0.3, -0.25) is 4.79 Å². The topological polar surface area (TPSA) is 49.8 Å². The number of carbonyl (C=O) groups excluding carboxylic acids is 1. The molecule has 1 aromatic heterocycles. The van der Waals surface area contributed by atoms with Crippen LogP contribution < -0.4 is 0 Å². The number of nitrogens with zero attached hydrogens (tertiary/aromatic N) is 1. The summed E-state index contributed by atoms with van der Waals surface area (Å²) in [7, 11) is 0. The summed E-state index contributed by atoms with van der Waals surface area (Å²) in [5.41, 5.74) is 1.07. The molecule has 1 N–H and O–H groups in total. The van der Waals surface area contributed by atoms with Crippen molar-refractivity contribution in [1.29, 1.82) is 0 Å². The van der Waals surface area contributed by atoms with Crippen LogP contribution in [-0.2, 0) is 11.3 Å². The van der Waals surface area contributed by atoms with E-state index in [1.807, 2.05) is 6.07 Å². The normalized spacial score (nSPS) is 17.2. The second-order valence-corrected chi connectivity index (χ2v) is 7.97. The van der Waals surface area contributed by atoms with Crippen LogP contribution in [-0.4, -0.2) is 35.2 Å². The van der Waals surface area contributed by atoms with Gasteiger partial charge in [-0.15, -0.1) is 11.3 Å². The Hall–Kier alpha value is -1.27. The highest BCUT2D eigenvalue weighted by Gasteiger charge is 2.26. The van der Waals surface area contributed by atoms with Crippen molar-refractivity contribution >= 4 is 40.4 Å². The molecule has 4 nitrogen and oxygen atoms in total. The van der Waals surface area contributed by atoms with E-state index in [0.717, 1.165) is 12.8 Å². The Morgan fingerprint density at radius 2 is 2.17 bits per heavy atom. The lowest BCUT2D eigenvalue weighted by Gasteiger charge is -2.26. The molecule has 3 rings (SSSR count). The molecule has 2 heterocycles. The fourth-order valence-corrected chi connectivity index (χ4v) is 4.21. The summed E-state index contributed by atoms with van der Waals surface area (Å²) in [5.74, 6) is -0.0426. The standard InChI is InChI=1S/C17H17Cl2NO3S/c18-15-8-13(16(19)24-15)17(22)20(10-12-5-3-7-23-12)9-11-4-1-2-6-14(11)21/h1-2,4,6,8,12,21H,3,5,7,9-10H2. The van der Waals surface area contributed by atoms with E-state index in [1.54, 1.807) is 29.2 Å². The van der Waals surface area contributed by atoms with Crippen LogP contribution in [0, 0.1) is 0 Å². The van der Waals surface area contributed by atoms with Gasteiger partial charge < -0.3 is 14.7 Å². The summed E-state index contributed by atoms with van der Waals surface area (Å²) < 4.78 is 6.51. The number of carbonyl (C=O) groups is 1. The Labute approximate surface area is 154 Å². The molecule has 0 bridgehead atoms. The van der Waals surface area contributed by atoms with Crippen LogP contribution in [0.1, 0.15) is 28.8 Å². The second kappa shape index (κ2) is 7.74. The summed E-state index contributed by atoms with van der Waals surface area (Å²) in [5, 5.41) is 10.0. The number of benzene rings is 1. The van der Waals surface area contributed by atoms with Crippen LogP contribution in [0.2, 0.25) is 8.67 Å². The summed E-state index contributed by atoms with van der Waals surface area (Å²) in [6, 6.07) is 8.58. The summed E-state index contributed by atoms with van der Waals surface area (Å²) in [6.45, 7) is 1.46. The average Bonchev–Trinajstić information content (AvgIpc) is 3.17. The van der Waals surface area contributed by atoms with Crippen LogP contribution in [0.4, 0.5) is 0 Å². The van der Waals surface area contributed by atoms with Crippen molar-refractivity contribution in [3.05, 3.63) is 50.1 Å². The number of para-hydroxylation sites is 1. The number of amides is 1. The Morgan fingerprint density at radius 3 is 2.79 bits per heavy atom. The third-order valence-electron chi connectivity index (χ3n) is 3.98. The molecule has 2 aromatic rings. The predicted molar refractivity (Wildman–Crippen MR) is 96.2 cm³/mol. The maximum Gasteiger partial charge on any atom is 0.256 e. The quantitative estimate of drug-likeness (QED) is 0.818. The maximum atomic E-state index is 12.9. The number of ether oxygens (including phenoxy) is 1. The predicted octanol–water partition coefficient (Wildman–Crippen LogP) is 4.58. The van der Waals surface area contributed by atoms with Gasteiger partial charge in [0, 0.05) is 25.3 Å². The van der Waals surface area contributed by atoms with E-state index in [1.165, 1.54) is 11.3 Å². The minimum atomic E-state index is -0.207. The number of phenols is 1. The van der Waals surface area contributed by atoms with E-state index in [9.17, 15) is 9.90 Å². The van der Waals surface area contributed by atoms with Crippen LogP contribution in [0.15, 0.2) is 30.3 Å². The minimum Gasteiger partial charge on any atom is -0.508 e. The smallest absolute Gasteiger partial charge is 0.256 e. The van der Waals surface area contributed by atoms with Gasteiger partial charge in [0.1, 0.15) is 10.1 Å². The van der Waals surface area contributed by atoms with Gasteiger partial charge in [-0.2, -0.15) is 0 Å². The Kier molecular flexibility index (Phi) is 5.66. The zero-order valence-corrected chi connectivity index (χ0v) is 15.2. The minimum absolute atomic E-state index is 0.00712. The Morgan fingerprint density at radius 1 is 1.38 bits per heavy atom. The van der Waals surface area contributed by atoms with Crippen molar-refractivity contribution < 1.29 is 14.6 Å². The highest BCUT2D eigenvalue weighted by Crippen LogP contribution is 2.33. The molecule has 1 aliphatic heterocycles. The lowest BCUT2D eigenvalue weighted by atomic mass is 10.1. The molecule has 1 fully saturated rings. The molecule has 1 aromatic carbocycles. The van der Waals surface area contributed by atoms with Crippen LogP contribution in [0.25, 0.3) is 0 Å². The maximum absolute atomic E-state index is 12.9. The summed E-state index contributed by atoms with van der Waals surface area (Å²) >= 11 is 13.3. The molecule has 0 spiro atoms. The van der Waals surface area contributed by atoms with Crippen molar-refractivity contribution in [3.63, 3.8) is 0 Å². The molecular weight excluding hydrogens is 369 g/mol. The van der Waals surface area contributed by atoms with Crippen LogP contribution in [0.5, 0.6) is 5.75 Å². The molecule has 1 atom stereocenters. The molecule has 0 saturated carbocycles. The van der Waals surface area contributed by atoms with Crippen molar-refractivity contribution in [2.45, 2.75) is 25.5 Å². The number of aromatic hydroxyl groups is 1. The van der Waals surface area contributed by atoms with Gasteiger partial charge in [-0.1, -0.05) is 41.4 Å². The van der Waals surface area contributed by atoms with Crippen molar-refractivity contribution in [2.75, 3.05) is 13.2 Å². The average molecular weight is 386 g/mol. The molecule has 1 aliphatic rings. The monoisotopic (exact) mass is 385 g/mol. The number of thiophene rings is 1. The number of hydrogen-bond donors (Lipinski definition) is 1. The molecule has 1 unspecified atom stereocenters. The number of halogens is 2. The zero-order chi connectivity index (χ0) is 17.1. The summed E-state index contributed by atoms with van der Waals surface area (Å²) in [4.78, 5) is 14.6. The lowest BCUT2D eigenvalue weighted by molar-refractivity contribution is 0.0506. The highest BCUT2D eigenvalue weighted by atomic mass is 35.5.